The lowest BCUT2D eigenvalue weighted by molar-refractivity contribution is -0.132. The van der Waals surface area contributed by atoms with Gasteiger partial charge in [0.1, 0.15) is 12.1 Å². The van der Waals surface area contributed by atoms with E-state index >= 15 is 0 Å². The van der Waals surface area contributed by atoms with E-state index in [4.69, 9.17) is 0 Å². The molecule has 0 spiro atoms. The van der Waals surface area contributed by atoms with E-state index in [1.807, 2.05) is 40.8 Å². The highest BCUT2D eigenvalue weighted by Gasteiger charge is 2.27. The van der Waals surface area contributed by atoms with Crippen molar-refractivity contribution in [2.45, 2.75) is 26.4 Å². The van der Waals surface area contributed by atoms with Crippen molar-refractivity contribution < 1.29 is 4.79 Å². The minimum Gasteiger partial charge on any atom is -0.365 e. The van der Waals surface area contributed by atoms with E-state index in [1.54, 1.807) is 6.20 Å². The number of hydrogen-bond donors (Lipinski definition) is 0. The highest BCUT2D eigenvalue weighted by atomic mass is 16.2. The summed E-state index contributed by atoms with van der Waals surface area (Å²) in [5, 5.41) is 6.14. The van der Waals surface area contributed by atoms with Crippen molar-refractivity contribution in [2.24, 2.45) is 7.05 Å². The van der Waals surface area contributed by atoms with Gasteiger partial charge in [0.15, 0.2) is 0 Å². The Hall–Kier alpha value is -3.61. The third-order valence-electron chi connectivity index (χ3n) is 6.51. The first-order chi connectivity index (χ1) is 15.4. The molecule has 164 valence electrons. The molecule has 0 N–H and O–H groups in total. The average Bonchev–Trinajstić information content (AvgIpc) is 3.08. The summed E-state index contributed by atoms with van der Waals surface area (Å²) in [6, 6.07) is 16.5. The summed E-state index contributed by atoms with van der Waals surface area (Å²) in [5.74, 6) is -0.0755. The third kappa shape index (κ3) is 3.34. The lowest BCUT2D eigenvalue weighted by atomic mass is 10.1. The Balaban J connectivity index is 1.36. The van der Waals surface area contributed by atoms with Crippen LogP contribution in [0.3, 0.4) is 0 Å². The van der Waals surface area contributed by atoms with Gasteiger partial charge in [-0.3, -0.25) is 9.59 Å². The van der Waals surface area contributed by atoms with Crippen LogP contribution < -0.4 is 10.5 Å². The number of para-hydroxylation sites is 1. The first kappa shape index (κ1) is 20.3. The fourth-order valence-corrected chi connectivity index (χ4v) is 4.83. The first-order valence-electron chi connectivity index (χ1n) is 11.0. The predicted octanol–water partition coefficient (Wildman–Crippen LogP) is 2.93. The minimum atomic E-state index is -0.235. The molecular formula is C25H27N5O2. The van der Waals surface area contributed by atoms with Crippen LogP contribution >= 0.6 is 0 Å². The molecule has 3 heterocycles. The zero-order valence-corrected chi connectivity index (χ0v) is 18.7. The van der Waals surface area contributed by atoms with Crippen LogP contribution in [-0.2, 0) is 18.4 Å². The maximum atomic E-state index is 13.2. The van der Waals surface area contributed by atoms with Crippen LogP contribution in [0.25, 0.3) is 21.8 Å². The van der Waals surface area contributed by atoms with E-state index in [2.05, 4.69) is 48.1 Å². The molecule has 0 radical (unpaired) electrons. The topological polar surface area (TPSA) is 63.4 Å². The molecule has 1 unspecified atom stereocenters. The summed E-state index contributed by atoms with van der Waals surface area (Å²) >= 11 is 0. The van der Waals surface area contributed by atoms with Crippen LogP contribution in [-0.4, -0.2) is 50.8 Å². The number of fused-ring (bicyclic) bond motifs is 3. The molecular weight excluding hydrogens is 402 g/mol. The molecule has 2 aromatic heterocycles. The predicted molar refractivity (Wildman–Crippen MR) is 127 cm³/mol. The Labute approximate surface area is 186 Å². The van der Waals surface area contributed by atoms with Crippen LogP contribution in [0.2, 0.25) is 0 Å². The van der Waals surface area contributed by atoms with Crippen LogP contribution in [0, 0.1) is 6.92 Å². The molecule has 4 aromatic rings. The second kappa shape index (κ2) is 7.82. The number of aryl methyl sites for hydroxylation is 2. The van der Waals surface area contributed by atoms with Gasteiger partial charge in [-0.15, -0.1) is 0 Å². The second-order valence-corrected chi connectivity index (χ2v) is 8.67. The van der Waals surface area contributed by atoms with E-state index in [9.17, 15) is 9.59 Å². The Bertz CT molecular complexity index is 1390. The number of anilines is 1. The van der Waals surface area contributed by atoms with E-state index < -0.39 is 0 Å². The van der Waals surface area contributed by atoms with Crippen molar-refractivity contribution in [3.05, 3.63) is 70.6 Å². The maximum absolute atomic E-state index is 13.2. The smallest absolute Gasteiger partial charge is 0.291 e. The van der Waals surface area contributed by atoms with Gasteiger partial charge < -0.3 is 14.4 Å². The summed E-state index contributed by atoms with van der Waals surface area (Å²) in [4.78, 5) is 30.4. The van der Waals surface area contributed by atoms with Crippen LogP contribution in [0.4, 0.5) is 5.69 Å². The van der Waals surface area contributed by atoms with Crippen molar-refractivity contribution in [2.75, 3.05) is 24.5 Å². The monoisotopic (exact) mass is 429 g/mol. The Kier molecular flexibility index (Phi) is 4.96. The van der Waals surface area contributed by atoms with E-state index in [-0.39, 0.29) is 24.1 Å². The molecule has 1 aliphatic heterocycles. The highest BCUT2D eigenvalue weighted by molar-refractivity contribution is 6.07. The zero-order chi connectivity index (χ0) is 22.4. The number of hydrogen-bond acceptors (Lipinski definition) is 4. The molecule has 32 heavy (non-hydrogen) atoms. The Morgan fingerprint density at radius 3 is 2.69 bits per heavy atom. The quantitative estimate of drug-likeness (QED) is 0.502. The van der Waals surface area contributed by atoms with Gasteiger partial charge in [0.05, 0.1) is 6.20 Å². The van der Waals surface area contributed by atoms with Gasteiger partial charge in [0.2, 0.25) is 5.91 Å². The molecule has 0 saturated carbocycles. The van der Waals surface area contributed by atoms with Gasteiger partial charge >= 0.3 is 0 Å². The molecule has 5 rings (SSSR count). The van der Waals surface area contributed by atoms with E-state index in [0.717, 1.165) is 22.8 Å². The van der Waals surface area contributed by atoms with Gasteiger partial charge in [0, 0.05) is 54.7 Å². The van der Waals surface area contributed by atoms with Crippen molar-refractivity contribution in [1.29, 1.82) is 0 Å². The maximum Gasteiger partial charge on any atom is 0.291 e. The van der Waals surface area contributed by atoms with Crippen molar-refractivity contribution in [3.8, 4) is 0 Å². The largest absolute Gasteiger partial charge is 0.365 e. The van der Waals surface area contributed by atoms with E-state index in [0.29, 0.717) is 18.6 Å². The van der Waals surface area contributed by atoms with Crippen molar-refractivity contribution >= 4 is 33.4 Å². The Morgan fingerprint density at radius 1 is 1.09 bits per heavy atom. The lowest BCUT2D eigenvalue weighted by Gasteiger charge is -2.41. The second-order valence-electron chi connectivity index (χ2n) is 8.67. The van der Waals surface area contributed by atoms with Crippen LogP contribution in [0.15, 0.2) is 59.5 Å². The molecule has 1 aliphatic rings. The van der Waals surface area contributed by atoms with Gasteiger partial charge in [0.25, 0.3) is 5.56 Å². The van der Waals surface area contributed by atoms with Gasteiger partial charge in [-0.1, -0.05) is 30.3 Å². The van der Waals surface area contributed by atoms with Gasteiger partial charge in [-0.2, -0.15) is 5.10 Å². The van der Waals surface area contributed by atoms with Crippen LogP contribution in [0.1, 0.15) is 12.5 Å². The number of rotatable bonds is 3. The SMILES string of the molecule is Cc1cccc(N2CCN(C(=O)Cn3ncc4c5ccccc5n(C)c4c3=O)CC2C)c1. The molecule has 2 aromatic carbocycles. The van der Waals surface area contributed by atoms with E-state index in [1.165, 1.54) is 15.9 Å². The molecule has 0 aliphatic carbocycles. The fourth-order valence-electron chi connectivity index (χ4n) is 4.83. The lowest BCUT2D eigenvalue weighted by Crippen LogP contribution is -2.54. The highest BCUT2D eigenvalue weighted by Crippen LogP contribution is 2.25. The number of carbonyl (C=O) groups is 1. The number of benzene rings is 2. The minimum absolute atomic E-state index is 0.0482. The number of amides is 1. The number of piperazine rings is 1. The summed E-state index contributed by atoms with van der Waals surface area (Å²) in [5.41, 5.74) is 3.73. The van der Waals surface area contributed by atoms with Crippen molar-refractivity contribution in [3.63, 3.8) is 0 Å². The molecule has 7 heteroatoms. The molecule has 1 amide bonds. The molecule has 0 bridgehead atoms. The fraction of sp³-hybridized carbons (Fsp3) is 0.320. The molecule has 1 atom stereocenters. The van der Waals surface area contributed by atoms with Gasteiger partial charge in [-0.25, -0.2) is 4.68 Å². The summed E-state index contributed by atoms with van der Waals surface area (Å²) in [6.07, 6.45) is 1.70. The standard InChI is InChI=1S/C25H27N5O2/c1-17-7-6-8-19(13-17)29-12-11-28(15-18(29)2)23(31)16-30-25(32)24-21(14-26-30)20-9-4-5-10-22(20)27(24)3/h4-10,13-14,18H,11-12,15-16H2,1-3H3. The van der Waals surface area contributed by atoms with Gasteiger partial charge in [-0.05, 0) is 37.6 Å². The summed E-state index contributed by atoms with van der Waals surface area (Å²) in [7, 11) is 1.88. The van der Waals surface area contributed by atoms with Crippen molar-refractivity contribution in [1.82, 2.24) is 19.2 Å². The van der Waals surface area contributed by atoms with Crippen LogP contribution in [0.5, 0.6) is 0 Å². The Morgan fingerprint density at radius 2 is 1.91 bits per heavy atom. The molecule has 7 nitrogen and oxygen atoms in total. The number of aromatic nitrogens is 3. The third-order valence-corrected chi connectivity index (χ3v) is 6.51. The summed E-state index contributed by atoms with van der Waals surface area (Å²) in [6.45, 7) is 6.19. The number of carbonyl (C=O) groups excluding carboxylic acids is 1. The summed E-state index contributed by atoms with van der Waals surface area (Å²) < 4.78 is 3.18. The number of nitrogens with zero attached hydrogens (tertiary/aromatic N) is 5. The molecule has 1 fully saturated rings. The normalized spacial score (nSPS) is 16.8. The first-order valence-corrected chi connectivity index (χ1v) is 11.0. The molecule has 1 saturated heterocycles. The zero-order valence-electron chi connectivity index (χ0n) is 18.7. The average molecular weight is 430 g/mol.